The second kappa shape index (κ2) is 7.77. The Kier molecular flexibility index (Phi) is 5.25. The van der Waals surface area contributed by atoms with Crippen LogP contribution in [-0.2, 0) is 6.42 Å². The lowest BCUT2D eigenvalue weighted by molar-refractivity contribution is 0.0949. The predicted octanol–water partition coefficient (Wildman–Crippen LogP) is 3.41. The van der Waals surface area contributed by atoms with E-state index in [1.54, 1.807) is 12.3 Å². The molecule has 2 aromatic rings. The summed E-state index contributed by atoms with van der Waals surface area (Å²) in [4.78, 5) is 16.4. The van der Waals surface area contributed by atoms with Crippen LogP contribution in [0.1, 0.15) is 41.7 Å². The van der Waals surface area contributed by atoms with Gasteiger partial charge in [0.2, 0.25) is 0 Å². The summed E-state index contributed by atoms with van der Waals surface area (Å²) in [6.45, 7) is 0.618. The molecule has 0 spiro atoms. The summed E-state index contributed by atoms with van der Waals surface area (Å²) in [5.41, 5.74) is 2.68. The van der Waals surface area contributed by atoms with Crippen molar-refractivity contribution in [2.75, 3.05) is 11.9 Å². The Bertz CT molecular complexity index is 619. The summed E-state index contributed by atoms with van der Waals surface area (Å²) >= 11 is 0. The molecule has 1 saturated carbocycles. The molecule has 120 valence electrons. The standard InChI is InChI=1S/C19H23N3O/c23-19(20-13-12-15-6-2-1-3-7-15)18-11-10-17(14-21-18)22-16-8-4-5-9-16/h1-3,6-7,10-11,14,16,22H,4-5,8-9,12-13H2,(H,20,23). The molecular formula is C19H23N3O. The van der Waals surface area contributed by atoms with Gasteiger partial charge in [-0.1, -0.05) is 43.2 Å². The van der Waals surface area contributed by atoms with Crippen LogP contribution < -0.4 is 10.6 Å². The van der Waals surface area contributed by atoms with Crippen molar-refractivity contribution in [3.63, 3.8) is 0 Å². The zero-order chi connectivity index (χ0) is 15.9. The van der Waals surface area contributed by atoms with E-state index >= 15 is 0 Å². The van der Waals surface area contributed by atoms with Crippen molar-refractivity contribution >= 4 is 11.6 Å². The number of carbonyl (C=O) groups is 1. The molecule has 1 amide bonds. The fourth-order valence-electron chi connectivity index (χ4n) is 2.98. The highest BCUT2D eigenvalue weighted by atomic mass is 16.1. The summed E-state index contributed by atoms with van der Waals surface area (Å²) in [5, 5.41) is 6.40. The molecule has 0 atom stereocenters. The van der Waals surface area contributed by atoms with E-state index in [4.69, 9.17) is 0 Å². The molecule has 4 nitrogen and oxygen atoms in total. The topological polar surface area (TPSA) is 54.0 Å². The summed E-state index contributed by atoms with van der Waals surface area (Å²) < 4.78 is 0. The first-order valence-corrected chi connectivity index (χ1v) is 8.36. The third-order valence-corrected chi connectivity index (χ3v) is 4.26. The van der Waals surface area contributed by atoms with Crippen LogP contribution >= 0.6 is 0 Å². The second-order valence-electron chi connectivity index (χ2n) is 6.05. The average molecular weight is 309 g/mol. The third kappa shape index (κ3) is 4.55. The highest BCUT2D eigenvalue weighted by Gasteiger charge is 2.14. The monoisotopic (exact) mass is 309 g/mol. The Balaban J connectivity index is 1.47. The minimum atomic E-state index is -0.117. The van der Waals surface area contributed by atoms with Crippen LogP contribution in [-0.4, -0.2) is 23.5 Å². The molecule has 4 heteroatoms. The molecule has 1 aromatic carbocycles. The minimum absolute atomic E-state index is 0.117. The number of amides is 1. The maximum Gasteiger partial charge on any atom is 0.269 e. The molecule has 2 N–H and O–H groups in total. The number of carbonyl (C=O) groups excluding carboxylic acids is 1. The van der Waals surface area contributed by atoms with Crippen molar-refractivity contribution < 1.29 is 4.79 Å². The number of benzene rings is 1. The minimum Gasteiger partial charge on any atom is -0.381 e. The van der Waals surface area contributed by atoms with Crippen molar-refractivity contribution in [1.82, 2.24) is 10.3 Å². The number of aromatic nitrogens is 1. The van der Waals surface area contributed by atoms with Crippen LogP contribution in [0, 0.1) is 0 Å². The van der Waals surface area contributed by atoms with Gasteiger partial charge in [0.05, 0.1) is 11.9 Å². The van der Waals surface area contributed by atoms with E-state index in [9.17, 15) is 4.79 Å². The normalized spacial score (nSPS) is 14.6. The highest BCUT2D eigenvalue weighted by molar-refractivity contribution is 5.92. The molecule has 0 bridgehead atoms. The molecule has 1 aliphatic rings. The van der Waals surface area contributed by atoms with Crippen LogP contribution in [0.25, 0.3) is 0 Å². The first-order chi connectivity index (χ1) is 11.3. The fraction of sp³-hybridized carbons (Fsp3) is 0.368. The van der Waals surface area contributed by atoms with Gasteiger partial charge < -0.3 is 10.6 Å². The highest BCUT2D eigenvalue weighted by Crippen LogP contribution is 2.21. The van der Waals surface area contributed by atoms with E-state index in [2.05, 4.69) is 27.8 Å². The largest absolute Gasteiger partial charge is 0.381 e. The molecule has 0 unspecified atom stereocenters. The molecular weight excluding hydrogens is 286 g/mol. The van der Waals surface area contributed by atoms with Crippen molar-refractivity contribution in [2.45, 2.75) is 38.1 Å². The third-order valence-electron chi connectivity index (χ3n) is 4.26. The van der Waals surface area contributed by atoms with E-state index in [-0.39, 0.29) is 5.91 Å². The summed E-state index contributed by atoms with van der Waals surface area (Å²) in [6.07, 6.45) is 7.63. The van der Waals surface area contributed by atoms with Crippen molar-refractivity contribution in [1.29, 1.82) is 0 Å². The molecule has 1 heterocycles. The van der Waals surface area contributed by atoms with Gasteiger partial charge in [-0.3, -0.25) is 4.79 Å². The lowest BCUT2D eigenvalue weighted by atomic mass is 10.1. The van der Waals surface area contributed by atoms with Crippen LogP contribution in [0.2, 0.25) is 0 Å². The van der Waals surface area contributed by atoms with Crippen LogP contribution in [0.3, 0.4) is 0 Å². The van der Waals surface area contributed by atoms with Crippen molar-refractivity contribution in [2.24, 2.45) is 0 Å². The summed E-state index contributed by atoms with van der Waals surface area (Å²) in [6, 6.07) is 14.4. The molecule has 1 fully saturated rings. The van der Waals surface area contributed by atoms with Gasteiger partial charge in [-0.25, -0.2) is 4.98 Å². The van der Waals surface area contributed by atoms with Gasteiger partial charge in [-0.05, 0) is 37.0 Å². The molecule has 0 saturated heterocycles. The molecule has 1 aliphatic carbocycles. The molecule has 23 heavy (non-hydrogen) atoms. The van der Waals surface area contributed by atoms with Gasteiger partial charge in [-0.2, -0.15) is 0 Å². The van der Waals surface area contributed by atoms with Crippen LogP contribution in [0.5, 0.6) is 0 Å². The van der Waals surface area contributed by atoms with E-state index in [0.29, 0.717) is 18.3 Å². The van der Waals surface area contributed by atoms with Crippen molar-refractivity contribution in [3.8, 4) is 0 Å². The Labute approximate surface area is 137 Å². The SMILES string of the molecule is O=C(NCCc1ccccc1)c1ccc(NC2CCCC2)cn1. The number of pyridine rings is 1. The number of anilines is 1. The fourth-order valence-corrected chi connectivity index (χ4v) is 2.98. The van der Waals surface area contributed by atoms with Gasteiger partial charge in [0.15, 0.2) is 0 Å². The van der Waals surface area contributed by atoms with Gasteiger partial charge in [-0.15, -0.1) is 0 Å². The van der Waals surface area contributed by atoms with Gasteiger partial charge in [0, 0.05) is 12.6 Å². The smallest absolute Gasteiger partial charge is 0.269 e. The maximum atomic E-state index is 12.1. The zero-order valence-electron chi connectivity index (χ0n) is 13.3. The lowest BCUT2D eigenvalue weighted by Crippen LogP contribution is -2.26. The second-order valence-corrected chi connectivity index (χ2v) is 6.05. The van der Waals surface area contributed by atoms with E-state index < -0.39 is 0 Å². The summed E-state index contributed by atoms with van der Waals surface area (Å²) in [5.74, 6) is -0.117. The van der Waals surface area contributed by atoms with E-state index in [1.165, 1.54) is 31.2 Å². The summed E-state index contributed by atoms with van der Waals surface area (Å²) in [7, 11) is 0. The zero-order valence-corrected chi connectivity index (χ0v) is 13.3. The first kappa shape index (κ1) is 15.5. The van der Waals surface area contributed by atoms with E-state index in [1.807, 2.05) is 24.3 Å². The first-order valence-electron chi connectivity index (χ1n) is 8.36. The average Bonchev–Trinajstić information content (AvgIpc) is 3.09. The number of nitrogens with zero attached hydrogens (tertiary/aromatic N) is 1. The molecule has 3 rings (SSSR count). The number of rotatable bonds is 6. The quantitative estimate of drug-likeness (QED) is 0.860. The Morgan fingerprint density at radius 2 is 1.87 bits per heavy atom. The Morgan fingerprint density at radius 3 is 2.57 bits per heavy atom. The predicted molar refractivity (Wildman–Crippen MR) is 92.6 cm³/mol. The van der Waals surface area contributed by atoms with Gasteiger partial charge >= 0.3 is 0 Å². The molecule has 0 aliphatic heterocycles. The Morgan fingerprint density at radius 1 is 1.09 bits per heavy atom. The van der Waals surface area contributed by atoms with Gasteiger partial charge in [0.1, 0.15) is 5.69 Å². The van der Waals surface area contributed by atoms with Gasteiger partial charge in [0.25, 0.3) is 5.91 Å². The van der Waals surface area contributed by atoms with Crippen LogP contribution in [0.15, 0.2) is 48.7 Å². The maximum absolute atomic E-state index is 12.1. The molecule has 0 radical (unpaired) electrons. The van der Waals surface area contributed by atoms with Crippen molar-refractivity contribution in [3.05, 3.63) is 59.9 Å². The number of nitrogens with one attached hydrogen (secondary N) is 2. The Hall–Kier alpha value is -2.36. The number of hydrogen-bond acceptors (Lipinski definition) is 3. The van der Waals surface area contributed by atoms with Crippen LogP contribution in [0.4, 0.5) is 5.69 Å². The number of hydrogen-bond donors (Lipinski definition) is 2. The molecule has 1 aromatic heterocycles. The lowest BCUT2D eigenvalue weighted by Gasteiger charge is -2.13. The van der Waals surface area contributed by atoms with E-state index in [0.717, 1.165) is 12.1 Å².